The number of hydrogen-bond donors (Lipinski definition) is 4. The fraction of sp³-hybridized carbons (Fsp3) is 0.0870. The maximum atomic E-state index is 12.1. The van der Waals surface area contributed by atoms with E-state index in [1.54, 1.807) is 79.9 Å². The molecule has 0 spiro atoms. The molecule has 300 valence electrons. The highest BCUT2D eigenvalue weighted by atomic mass is 16.1. The molecule has 61 heavy (non-hydrogen) atoms. The van der Waals surface area contributed by atoms with E-state index in [9.17, 15) is 14.4 Å². The first kappa shape index (κ1) is 39.4. The number of benzene rings is 4. The van der Waals surface area contributed by atoms with E-state index in [0.29, 0.717) is 45.0 Å². The van der Waals surface area contributed by atoms with Crippen molar-refractivity contribution in [3.63, 3.8) is 0 Å². The van der Waals surface area contributed by atoms with Gasteiger partial charge in [0.05, 0.1) is 44.8 Å². The van der Waals surface area contributed by atoms with Crippen LogP contribution in [0.1, 0.15) is 43.0 Å². The summed E-state index contributed by atoms with van der Waals surface area (Å²) in [6.45, 7) is 8.34. The van der Waals surface area contributed by atoms with Crippen molar-refractivity contribution >= 4 is 55.7 Å². The van der Waals surface area contributed by atoms with Gasteiger partial charge in [-0.3, -0.25) is 28.9 Å². The number of pyridine rings is 2. The van der Waals surface area contributed by atoms with Crippen molar-refractivity contribution in [1.29, 1.82) is 0 Å². The van der Waals surface area contributed by atoms with Gasteiger partial charge in [-0.1, -0.05) is 0 Å². The first-order valence-electron chi connectivity index (χ1n) is 19.0. The summed E-state index contributed by atoms with van der Waals surface area (Å²) in [5.74, 6) is 0.530. The van der Waals surface area contributed by atoms with Crippen LogP contribution in [-0.2, 0) is 0 Å². The summed E-state index contributed by atoms with van der Waals surface area (Å²) in [4.78, 5) is 71.5. The van der Waals surface area contributed by atoms with E-state index in [-0.39, 0.29) is 11.1 Å². The number of fused-ring (bicyclic) bond motifs is 4. The van der Waals surface area contributed by atoms with Gasteiger partial charge >= 0.3 is 0 Å². The number of rotatable bonds is 5. The van der Waals surface area contributed by atoms with Crippen LogP contribution in [0.25, 0.3) is 72.5 Å². The average Bonchev–Trinajstić information content (AvgIpc) is 3.90. The second kappa shape index (κ2) is 16.4. The van der Waals surface area contributed by atoms with Crippen molar-refractivity contribution in [3.8, 4) is 28.6 Å². The van der Waals surface area contributed by atoms with Crippen molar-refractivity contribution in [3.05, 3.63) is 166 Å². The lowest BCUT2D eigenvalue weighted by molar-refractivity contribution is 0.0992. The highest BCUT2D eigenvalue weighted by Crippen LogP contribution is 2.29. The SMILES string of the molecule is Cc1cc2nc[nH]c2cc1C.Cc1cc2ncn(-c3nc(-c4cccnc4)nc4ccc(C(N)=O)cc34)c2cc1C.NC(=O)c1ccc2nc(-c3cccnc3)[nH]c(=O)c2c1. The third-order valence-electron chi connectivity index (χ3n) is 10.2. The Hall–Kier alpha value is -8.46. The fourth-order valence-electron chi connectivity index (χ4n) is 6.63. The number of H-pyrrole nitrogens is 2. The minimum absolute atomic E-state index is 0.277. The zero-order valence-corrected chi connectivity index (χ0v) is 33.5. The Kier molecular flexibility index (Phi) is 10.6. The number of primary amides is 2. The Labute approximate surface area is 347 Å². The fourth-order valence-corrected chi connectivity index (χ4v) is 6.63. The highest BCUT2D eigenvalue weighted by Gasteiger charge is 2.16. The van der Waals surface area contributed by atoms with Crippen LogP contribution in [0.2, 0.25) is 0 Å². The van der Waals surface area contributed by atoms with Gasteiger partial charge in [-0.2, -0.15) is 0 Å². The van der Waals surface area contributed by atoms with Gasteiger partial charge in [0.1, 0.15) is 18.0 Å². The van der Waals surface area contributed by atoms with Gasteiger partial charge < -0.3 is 21.4 Å². The molecule has 0 radical (unpaired) electrons. The number of carbonyl (C=O) groups is 2. The first-order chi connectivity index (χ1) is 29.4. The third-order valence-corrected chi connectivity index (χ3v) is 10.2. The van der Waals surface area contributed by atoms with Gasteiger partial charge in [0.25, 0.3) is 5.56 Å². The molecule has 15 nitrogen and oxygen atoms in total. The number of aryl methyl sites for hydroxylation is 4. The Bertz CT molecular complexity index is 3300. The predicted molar refractivity (Wildman–Crippen MR) is 235 cm³/mol. The molecule has 0 aliphatic carbocycles. The summed E-state index contributed by atoms with van der Waals surface area (Å²) < 4.78 is 1.93. The summed E-state index contributed by atoms with van der Waals surface area (Å²) in [6.07, 6.45) is 10.2. The van der Waals surface area contributed by atoms with Gasteiger partial charge in [-0.05, 0) is 135 Å². The minimum atomic E-state index is -0.581. The molecular formula is C46H38N12O3. The van der Waals surface area contributed by atoms with E-state index < -0.39 is 11.8 Å². The van der Waals surface area contributed by atoms with Gasteiger partial charge in [0.15, 0.2) is 5.82 Å². The number of aromatic nitrogens is 10. The molecule has 0 saturated heterocycles. The molecule has 10 rings (SSSR count). The van der Waals surface area contributed by atoms with Crippen molar-refractivity contribution in [1.82, 2.24) is 49.4 Å². The second-order valence-electron chi connectivity index (χ2n) is 14.4. The number of nitrogens with zero attached hydrogens (tertiary/aromatic N) is 8. The van der Waals surface area contributed by atoms with Crippen LogP contribution in [0, 0.1) is 27.7 Å². The van der Waals surface area contributed by atoms with E-state index in [0.717, 1.165) is 38.6 Å². The highest BCUT2D eigenvalue weighted by molar-refractivity contribution is 5.99. The molecule has 10 aromatic rings. The Balaban J connectivity index is 0.000000142. The van der Waals surface area contributed by atoms with Gasteiger partial charge in [0.2, 0.25) is 11.8 Å². The molecule has 0 unspecified atom stereocenters. The van der Waals surface area contributed by atoms with Crippen LogP contribution >= 0.6 is 0 Å². The van der Waals surface area contributed by atoms with Crippen molar-refractivity contribution in [2.45, 2.75) is 27.7 Å². The van der Waals surface area contributed by atoms with Gasteiger partial charge in [-0.15, -0.1) is 0 Å². The average molecular weight is 807 g/mol. The third kappa shape index (κ3) is 8.16. The molecule has 0 aliphatic rings. The van der Waals surface area contributed by atoms with Crippen molar-refractivity contribution < 1.29 is 9.59 Å². The van der Waals surface area contributed by atoms with Crippen molar-refractivity contribution in [2.75, 3.05) is 0 Å². The van der Waals surface area contributed by atoms with Gasteiger partial charge in [-0.25, -0.2) is 24.9 Å². The maximum Gasteiger partial charge on any atom is 0.259 e. The summed E-state index contributed by atoms with van der Waals surface area (Å²) in [6, 6.07) is 25.5. The molecular weight excluding hydrogens is 769 g/mol. The van der Waals surface area contributed by atoms with E-state index in [1.807, 2.05) is 16.7 Å². The number of nitrogens with two attached hydrogens (primary N) is 2. The van der Waals surface area contributed by atoms with Crippen LogP contribution in [-0.4, -0.2) is 61.2 Å². The largest absolute Gasteiger partial charge is 0.366 e. The van der Waals surface area contributed by atoms with Crippen molar-refractivity contribution in [2.24, 2.45) is 11.5 Å². The number of carbonyl (C=O) groups excluding carboxylic acids is 2. The van der Waals surface area contributed by atoms with E-state index >= 15 is 0 Å². The molecule has 0 saturated carbocycles. The Morgan fingerprint density at radius 2 is 1.23 bits per heavy atom. The zero-order valence-electron chi connectivity index (χ0n) is 33.5. The molecule has 6 aromatic heterocycles. The molecule has 0 aliphatic heterocycles. The molecule has 0 bridgehead atoms. The lowest BCUT2D eigenvalue weighted by Gasteiger charge is -2.12. The molecule has 0 atom stereocenters. The van der Waals surface area contributed by atoms with Crippen LogP contribution in [0.5, 0.6) is 0 Å². The quantitative estimate of drug-likeness (QED) is 0.139. The van der Waals surface area contributed by atoms with E-state index in [1.165, 1.54) is 22.8 Å². The molecule has 0 fully saturated rings. The topological polar surface area (TPSA) is 230 Å². The predicted octanol–water partition coefficient (Wildman–Crippen LogP) is 7.01. The molecule has 6 heterocycles. The Morgan fingerprint density at radius 1 is 0.623 bits per heavy atom. The van der Waals surface area contributed by atoms with Gasteiger partial charge in [0, 0.05) is 52.4 Å². The summed E-state index contributed by atoms with van der Waals surface area (Å²) in [5.41, 5.74) is 22.7. The van der Waals surface area contributed by atoms with E-state index in [2.05, 4.69) is 86.8 Å². The van der Waals surface area contributed by atoms with Crippen LogP contribution in [0.15, 0.2) is 127 Å². The number of imidazole rings is 2. The number of amides is 2. The Morgan fingerprint density at radius 3 is 1.89 bits per heavy atom. The summed E-state index contributed by atoms with van der Waals surface area (Å²) in [5, 5.41) is 1.05. The zero-order chi connectivity index (χ0) is 42.8. The molecule has 2 amide bonds. The van der Waals surface area contributed by atoms with Crippen LogP contribution in [0.3, 0.4) is 0 Å². The smallest absolute Gasteiger partial charge is 0.259 e. The first-order valence-corrected chi connectivity index (χ1v) is 19.0. The number of hydrogen-bond acceptors (Lipinski definition) is 10. The number of aromatic amines is 2. The minimum Gasteiger partial charge on any atom is -0.366 e. The standard InChI is InChI=1S/C23H18N6O.C14H10N4O2.C9H10N2/c1-13-8-19-20(9-14(13)2)29(12-26-19)23-17-10-15(21(24)30)5-6-18(17)27-22(28-23)16-4-3-7-25-11-16;15-12(19)8-3-4-11-10(6-8)14(20)18-13(17-11)9-2-1-5-16-7-9;1-6-3-8-9(4-7(6)2)11-5-10-8/h3-12H,1-2H3,(H2,24,30);1-7H,(H2,15,19)(H,17,18,20);3-5H,1-2H3,(H,10,11). The lowest BCUT2D eigenvalue weighted by atomic mass is 10.1. The lowest BCUT2D eigenvalue weighted by Crippen LogP contribution is -2.14. The normalized spacial score (nSPS) is 11.0. The summed E-state index contributed by atoms with van der Waals surface area (Å²) in [7, 11) is 0. The maximum absolute atomic E-state index is 12.1. The van der Waals surface area contributed by atoms with E-state index in [4.69, 9.17) is 21.4 Å². The molecule has 15 heteroatoms. The molecule has 4 aromatic carbocycles. The van der Waals surface area contributed by atoms with Crippen LogP contribution in [0.4, 0.5) is 0 Å². The van der Waals surface area contributed by atoms with Crippen LogP contribution < -0.4 is 17.0 Å². The second-order valence-corrected chi connectivity index (χ2v) is 14.4. The number of nitrogens with one attached hydrogen (secondary N) is 2. The monoisotopic (exact) mass is 806 g/mol. The summed E-state index contributed by atoms with van der Waals surface area (Å²) >= 11 is 0. The molecule has 6 N–H and O–H groups in total.